The van der Waals surface area contributed by atoms with Gasteiger partial charge in [-0.1, -0.05) is 6.92 Å². The van der Waals surface area contributed by atoms with E-state index in [2.05, 4.69) is 37.7 Å². The SMILES string of the molecule is CCN(C(C)CN(C)C)C(CN)(COC)C1CC1. The molecule has 2 atom stereocenters. The topological polar surface area (TPSA) is 41.7 Å². The average Bonchev–Trinajstić information content (AvgIpc) is 3.11. The van der Waals surface area contributed by atoms with Gasteiger partial charge in [0.2, 0.25) is 0 Å². The van der Waals surface area contributed by atoms with Gasteiger partial charge in [0.25, 0.3) is 0 Å². The van der Waals surface area contributed by atoms with Crippen LogP contribution in [0.2, 0.25) is 0 Å². The molecule has 2 unspecified atom stereocenters. The molecule has 1 aliphatic carbocycles. The van der Waals surface area contributed by atoms with E-state index in [1.54, 1.807) is 7.11 Å². The number of methoxy groups -OCH3 is 1. The van der Waals surface area contributed by atoms with E-state index < -0.39 is 0 Å². The Morgan fingerprint density at radius 3 is 2.33 bits per heavy atom. The number of nitrogens with zero attached hydrogens (tertiary/aromatic N) is 2. The molecule has 0 bridgehead atoms. The molecular weight excluding hydrogens is 226 g/mol. The van der Waals surface area contributed by atoms with Gasteiger partial charge in [0.15, 0.2) is 0 Å². The van der Waals surface area contributed by atoms with Gasteiger partial charge >= 0.3 is 0 Å². The van der Waals surface area contributed by atoms with Crippen LogP contribution in [0.1, 0.15) is 26.7 Å². The molecule has 0 heterocycles. The summed E-state index contributed by atoms with van der Waals surface area (Å²) in [5, 5.41) is 0. The number of hydrogen-bond donors (Lipinski definition) is 1. The molecule has 18 heavy (non-hydrogen) atoms. The first-order chi connectivity index (χ1) is 8.51. The third-order valence-corrected chi connectivity index (χ3v) is 4.16. The fourth-order valence-electron chi connectivity index (χ4n) is 3.34. The average molecular weight is 257 g/mol. The van der Waals surface area contributed by atoms with Gasteiger partial charge in [-0.3, -0.25) is 4.90 Å². The van der Waals surface area contributed by atoms with Crippen LogP contribution < -0.4 is 5.73 Å². The first kappa shape index (κ1) is 15.9. The van der Waals surface area contributed by atoms with Crippen molar-refractivity contribution >= 4 is 0 Å². The van der Waals surface area contributed by atoms with Crippen molar-refractivity contribution < 1.29 is 4.74 Å². The van der Waals surface area contributed by atoms with E-state index >= 15 is 0 Å². The third-order valence-electron chi connectivity index (χ3n) is 4.16. The molecule has 0 aromatic rings. The van der Waals surface area contributed by atoms with Gasteiger partial charge < -0.3 is 15.4 Å². The van der Waals surface area contributed by atoms with Crippen LogP contribution in [0.25, 0.3) is 0 Å². The maximum absolute atomic E-state index is 6.14. The van der Waals surface area contributed by atoms with Crippen LogP contribution in [0.3, 0.4) is 0 Å². The number of ether oxygens (including phenoxy) is 1. The van der Waals surface area contributed by atoms with Gasteiger partial charge in [0.05, 0.1) is 12.1 Å². The second-order valence-corrected chi connectivity index (χ2v) is 5.91. The van der Waals surface area contributed by atoms with Crippen molar-refractivity contribution in [1.29, 1.82) is 0 Å². The van der Waals surface area contributed by atoms with Crippen molar-refractivity contribution in [2.75, 3.05) is 47.4 Å². The van der Waals surface area contributed by atoms with Gasteiger partial charge in [0, 0.05) is 26.2 Å². The molecule has 0 saturated heterocycles. The van der Waals surface area contributed by atoms with Crippen LogP contribution in [0.4, 0.5) is 0 Å². The third kappa shape index (κ3) is 3.44. The Morgan fingerprint density at radius 2 is 2.00 bits per heavy atom. The highest BCUT2D eigenvalue weighted by atomic mass is 16.5. The molecule has 4 heteroatoms. The summed E-state index contributed by atoms with van der Waals surface area (Å²) in [5.74, 6) is 0.715. The molecule has 108 valence electrons. The lowest BCUT2D eigenvalue weighted by Crippen LogP contribution is -2.62. The molecule has 4 nitrogen and oxygen atoms in total. The van der Waals surface area contributed by atoms with Gasteiger partial charge in [-0.15, -0.1) is 0 Å². The lowest BCUT2D eigenvalue weighted by molar-refractivity contribution is -0.0246. The van der Waals surface area contributed by atoms with Crippen LogP contribution >= 0.6 is 0 Å². The summed E-state index contributed by atoms with van der Waals surface area (Å²) in [6.45, 7) is 8.07. The van der Waals surface area contributed by atoms with Crippen molar-refractivity contribution in [1.82, 2.24) is 9.80 Å². The van der Waals surface area contributed by atoms with Gasteiger partial charge in [-0.25, -0.2) is 0 Å². The minimum Gasteiger partial charge on any atom is -0.383 e. The molecule has 1 rings (SSSR count). The molecule has 1 fully saturated rings. The molecule has 0 spiro atoms. The Labute approximate surface area is 112 Å². The van der Waals surface area contributed by atoms with E-state index in [9.17, 15) is 0 Å². The Morgan fingerprint density at radius 1 is 1.39 bits per heavy atom. The number of nitrogens with two attached hydrogens (primary N) is 1. The highest BCUT2D eigenvalue weighted by molar-refractivity contribution is 5.04. The molecule has 0 radical (unpaired) electrons. The molecule has 0 amide bonds. The van der Waals surface area contributed by atoms with E-state index in [0.717, 1.165) is 19.7 Å². The molecule has 0 aromatic heterocycles. The summed E-state index contributed by atoms with van der Waals surface area (Å²) >= 11 is 0. The lowest BCUT2D eigenvalue weighted by Gasteiger charge is -2.47. The van der Waals surface area contributed by atoms with Gasteiger partial charge in [-0.05, 0) is 46.3 Å². The van der Waals surface area contributed by atoms with Crippen molar-refractivity contribution in [3.05, 3.63) is 0 Å². The van der Waals surface area contributed by atoms with Crippen molar-refractivity contribution in [3.8, 4) is 0 Å². The molecule has 0 aromatic carbocycles. The smallest absolute Gasteiger partial charge is 0.0661 e. The highest BCUT2D eigenvalue weighted by Gasteiger charge is 2.49. The monoisotopic (exact) mass is 257 g/mol. The summed E-state index contributed by atoms with van der Waals surface area (Å²) in [7, 11) is 6.04. The number of hydrogen-bond acceptors (Lipinski definition) is 4. The second kappa shape index (κ2) is 6.85. The maximum atomic E-state index is 6.14. The van der Waals surface area contributed by atoms with Gasteiger partial charge in [-0.2, -0.15) is 0 Å². The Kier molecular flexibility index (Phi) is 6.05. The summed E-state index contributed by atoms with van der Waals surface area (Å²) in [5.41, 5.74) is 6.19. The van der Waals surface area contributed by atoms with Crippen molar-refractivity contribution in [3.63, 3.8) is 0 Å². The fourth-order valence-corrected chi connectivity index (χ4v) is 3.34. The second-order valence-electron chi connectivity index (χ2n) is 5.91. The standard InChI is InChI=1S/C14H31N3O/c1-6-17(12(2)9-16(3)4)14(10-15,11-18-5)13-7-8-13/h12-13H,6-11,15H2,1-5H3. The largest absolute Gasteiger partial charge is 0.383 e. The molecule has 2 N–H and O–H groups in total. The Bertz CT molecular complexity index is 243. The van der Waals surface area contributed by atoms with E-state index in [4.69, 9.17) is 10.5 Å². The van der Waals surface area contributed by atoms with Gasteiger partial charge in [0.1, 0.15) is 0 Å². The summed E-state index contributed by atoms with van der Waals surface area (Å²) in [6, 6.07) is 0.504. The minimum atomic E-state index is 0.0406. The van der Waals surface area contributed by atoms with E-state index in [0.29, 0.717) is 18.5 Å². The first-order valence-corrected chi connectivity index (χ1v) is 7.12. The molecular formula is C14H31N3O. The fraction of sp³-hybridized carbons (Fsp3) is 1.00. The van der Waals surface area contributed by atoms with Crippen LogP contribution in [0, 0.1) is 5.92 Å². The molecule has 0 aliphatic heterocycles. The highest BCUT2D eigenvalue weighted by Crippen LogP contribution is 2.43. The van der Waals surface area contributed by atoms with E-state index in [-0.39, 0.29) is 5.54 Å². The maximum Gasteiger partial charge on any atom is 0.0661 e. The van der Waals surface area contributed by atoms with E-state index in [1.807, 2.05) is 0 Å². The molecule has 1 aliphatic rings. The predicted octanol–water partition coefficient (Wildman–Crippen LogP) is 1.01. The quantitative estimate of drug-likeness (QED) is 0.669. The van der Waals surface area contributed by atoms with Crippen LogP contribution in [-0.2, 0) is 4.74 Å². The number of rotatable bonds is 9. The van der Waals surface area contributed by atoms with Crippen LogP contribution in [0.5, 0.6) is 0 Å². The Balaban J connectivity index is 2.85. The zero-order valence-electron chi connectivity index (χ0n) is 12.8. The number of likely N-dealkylation sites (N-methyl/N-ethyl adjacent to an activating group) is 2. The Hall–Kier alpha value is -0.160. The first-order valence-electron chi connectivity index (χ1n) is 7.12. The van der Waals surface area contributed by atoms with E-state index in [1.165, 1.54) is 12.8 Å². The normalized spacial score (nSPS) is 21.3. The summed E-state index contributed by atoms with van der Waals surface area (Å²) < 4.78 is 5.50. The predicted molar refractivity (Wildman–Crippen MR) is 76.8 cm³/mol. The van der Waals surface area contributed by atoms with Crippen LogP contribution in [-0.4, -0.2) is 68.8 Å². The van der Waals surface area contributed by atoms with Crippen molar-refractivity contribution in [2.24, 2.45) is 11.7 Å². The summed E-state index contributed by atoms with van der Waals surface area (Å²) in [4.78, 5) is 4.81. The minimum absolute atomic E-state index is 0.0406. The zero-order chi connectivity index (χ0) is 13.8. The zero-order valence-corrected chi connectivity index (χ0v) is 12.8. The lowest BCUT2D eigenvalue weighted by atomic mass is 9.90. The summed E-state index contributed by atoms with van der Waals surface area (Å²) in [6.07, 6.45) is 2.59. The van der Waals surface area contributed by atoms with Crippen LogP contribution in [0.15, 0.2) is 0 Å². The molecule has 1 saturated carbocycles. The van der Waals surface area contributed by atoms with Crippen molar-refractivity contribution in [2.45, 2.75) is 38.3 Å².